The summed E-state index contributed by atoms with van der Waals surface area (Å²) in [6.45, 7) is 0. The number of hydrogen-bond donors (Lipinski definition) is 0. The van der Waals surface area contributed by atoms with Gasteiger partial charge in [-0.1, -0.05) is 0 Å². The van der Waals surface area contributed by atoms with Crippen LogP contribution in [0, 0.1) is 0 Å². The predicted molar refractivity (Wildman–Crippen MR) is 17.1 cm³/mol. The summed E-state index contributed by atoms with van der Waals surface area (Å²) in [6.07, 6.45) is 0. The van der Waals surface area contributed by atoms with Crippen molar-refractivity contribution in [1.29, 1.82) is 0 Å². The average Bonchev–Trinajstić information content (AvgIpc) is 0. The van der Waals surface area contributed by atoms with Crippen LogP contribution in [-0.2, 0) is 60.3 Å². The maximum atomic E-state index is 0. The Bertz CT molecular complexity index is 11.6. The second-order valence-electron chi connectivity index (χ2n) is 0. The zero-order chi connectivity index (χ0) is 0. The van der Waals surface area contributed by atoms with E-state index in [0.29, 0.717) is 0 Å². The van der Waals surface area contributed by atoms with Crippen molar-refractivity contribution in [2.45, 2.75) is 0 Å². The van der Waals surface area contributed by atoms with Crippen LogP contribution in [-0.4, -0.2) is 19.4 Å². The summed E-state index contributed by atoms with van der Waals surface area (Å²) in [4.78, 5) is 0. The molecule has 0 aliphatic heterocycles. The quantitative estimate of drug-likeness (QED) is 0.445. The molecule has 0 heterocycles. The van der Waals surface area contributed by atoms with Gasteiger partial charge in [-0.15, -0.1) is 0 Å². The van der Waals surface area contributed by atoms with Crippen LogP contribution in [0.4, 0.5) is 0 Å². The Hall–Kier alpha value is 2.20. The summed E-state index contributed by atoms with van der Waals surface area (Å²) in [5.74, 6) is 0. The summed E-state index contributed by atoms with van der Waals surface area (Å²) < 4.78 is 0. The molecule has 0 unspecified atom stereocenters. The SMILES string of the molecule is [B].[Cu].[Fe].[SiH4].[Zr]. The second kappa shape index (κ2) is 34.6. The zero-order valence-electron chi connectivity index (χ0n) is 1.73. The fraction of sp³-hybridized carbons (Fsp3) is 0. The molecule has 0 aliphatic rings. The summed E-state index contributed by atoms with van der Waals surface area (Å²) >= 11 is 0. The largest absolute Gasteiger partial charge is 0.0149 e. The summed E-state index contributed by atoms with van der Waals surface area (Å²) in [6, 6.07) is 0. The van der Waals surface area contributed by atoms with Gasteiger partial charge in [-0.25, -0.2) is 0 Å². The van der Waals surface area contributed by atoms with Gasteiger partial charge in [-0.3, -0.25) is 0 Å². The Morgan fingerprint density at radius 3 is 1.00 bits per heavy atom. The molecule has 0 saturated heterocycles. The third-order valence-electron chi connectivity index (χ3n) is 0. The van der Waals surface area contributed by atoms with Crippen molar-refractivity contribution in [1.82, 2.24) is 0 Å². The van der Waals surface area contributed by atoms with Crippen LogP contribution in [0.2, 0.25) is 0 Å². The Labute approximate surface area is 78.9 Å². The van der Waals surface area contributed by atoms with E-state index in [9.17, 15) is 0 Å². The molecule has 0 nitrogen and oxygen atoms in total. The fourth-order valence-corrected chi connectivity index (χ4v) is 0. The molecule has 0 fully saturated rings. The normalized spacial score (nSPS) is 0. The first kappa shape index (κ1) is 57.1. The van der Waals surface area contributed by atoms with Gasteiger partial charge in [0.1, 0.15) is 0 Å². The van der Waals surface area contributed by atoms with Crippen LogP contribution in [0.25, 0.3) is 0 Å². The Morgan fingerprint density at radius 2 is 1.00 bits per heavy atom. The molecular weight excluding hydrogens is 250 g/mol. The Morgan fingerprint density at radius 1 is 1.00 bits per heavy atom. The van der Waals surface area contributed by atoms with E-state index in [0.717, 1.165) is 0 Å². The van der Waals surface area contributed by atoms with E-state index in [-0.39, 0.29) is 79.7 Å². The molecule has 5 heteroatoms. The van der Waals surface area contributed by atoms with Gasteiger partial charge in [0.15, 0.2) is 0 Å². The van der Waals surface area contributed by atoms with Gasteiger partial charge < -0.3 is 0 Å². The van der Waals surface area contributed by atoms with E-state index in [1.807, 2.05) is 0 Å². The predicted octanol–water partition coefficient (Wildman–Crippen LogP) is -1.84. The third kappa shape index (κ3) is 22.6. The van der Waals surface area contributed by atoms with Crippen molar-refractivity contribution in [3.8, 4) is 0 Å². The van der Waals surface area contributed by atoms with Gasteiger partial charge in [0.2, 0.25) is 0 Å². The molecule has 0 saturated carbocycles. The van der Waals surface area contributed by atoms with Gasteiger partial charge >= 0.3 is 0 Å². The standard InChI is InChI=1S/B.Cu.Fe.H4Si.Zr/h;;;1H4;. The first-order valence-electron chi connectivity index (χ1n) is 0. The third-order valence-corrected chi connectivity index (χ3v) is 0. The van der Waals surface area contributed by atoms with Gasteiger partial charge in [-0.2, -0.15) is 0 Å². The smallest absolute Gasteiger partial charge is 0 e. The first-order valence-corrected chi connectivity index (χ1v) is 0. The average molecular weight is 254 g/mol. The maximum absolute atomic E-state index is 0. The van der Waals surface area contributed by atoms with Gasteiger partial charge in [-0.05, 0) is 11.0 Å². The molecule has 0 rings (SSSR count). The zero-order valence-corrected chi connectivity index (χ0v) is 6.24. The molecule has 0 bridgehead atoms. The molecule has 34 valence electrons. The van der Waals surface area contributed by atoms with Crippen molar-refractivity contribution in [3.05, 3.63) is 0 Å². The fourth-order valence-electron chi connectivity index (χ4n) is 0. The van der Waals surface area contributed by atoms with Crippen molar-refractivity contribution in [3.63, 3.8) is 0 Å². The summed E-state index contributed by atoms with van der Waals surface area (Å²) in [7, 11) is 0. The molecule has 0 atom stereocenters. The number of rotatable bonds is 0. The summed E-state index contributed by atoms with van der Waals surface area (Å²) in [5.41, 5.74) is 0. The van der Waals surface area contributed by atoms with Crippen molar-refractivity contribution in [2.24, 2.45) is 0 Å². The molecule has 0 aromatic rings. The Balaban J connectivity index is 0. The van der Waals surface area contributed by atoms with E-state index in [4.69, 9.17) is 0 Å². The number of hydrogen-bond acceptors (Lipinski definition) is 0. The molecule has 0 spiro atoms. The molecule has 0 aromatic carbocycles. The minimum Gasteiger partial charge on any atom is -0.0149 e. The molecular formula is H4BCuFeSiZr. The minimum atomic E-state index is 0. The minimum absolute atomic E-state index is 0. The van der Waals surface area contributed by atoms with E-state index in [1.165, 1.54) is 0 Å². The van der Waals surface area contributed by atoms with E-state index in [1.54, 1.807) is 0 Å². The van der Waals surface area contributed by atoms with Crippen LogP contribution >= 0.6 is 0 Å². The van der Waals surface area contributed by atoms with Crippen LogP contribution in [0.1, 0.15) is 0 Å². The van der Waals surface area contributed by atoms with Crippen LogP contribution in [0.3, 0.4) is 0 Å². The molecule has 4 radical (unpaired) electrons. The van der Waals surface area contributed by atoms with Crippen LogP contribution in [0.15, 0.2) is 0 Å². The van der Waals surface area contributed by atoms with Gasteiger partial charge in [0, 0.05) is 68.8 Å². The van der Waals surface area contributed by atoms with Crippen molar-refractivity contribution >= 4 is 19.4 Å². The molecule has 0 N–H and O–H groups in total. The Kier molecular flexibility index (Phi) is 395. The van der Waals surface area contributed by atoms with Gasteiger partial charge in [0.05, 0.1) is 0 Å². The topological polar surface area (TPSA) is 0 Å². The second-order valence-corrected chi connectivity index (χ2v) is 0. The van der Waals surface area contributed by atoms with Gasteiger partial charge in [0.25, 0.3) is 0 Å². The van der Waals surface area contributed by atoms with E-state index in [2.05, 4.69) is 0 Å². The van der Waals surface area contributed by atoms with Crippen LogP contribution in [0.5, 0.6) is 0 Å². The van der Waals surface area contributed by atoms with E-state index < -0.39 is 0 Å². The molecule has 5 heavy (non-hydrogen) atoms. The molecule has 0 amide bonds. The maximum Gasteiger partial charge on any atom is 0 e. The monoisotopic (exact) mass is 252 g/mol. The van der Waals surface area contributed by atoms with Crippen molar-refractivity contribution < 1.29 is 60.3 Å². The molecule has 0 aliphatic carbocycles. The van der Waals surface area contributed by atoms with E-state index >= 15 is 0 Å². The summed E-state index contributed by atoms with van der Waals surface area (Å²) in [5, 5.41) is 0. The molecule has 0 aromatic heterocycles. The van der Waals surface area contributed by atoms with Crippen LogP contribution < -0.4 is 0 Å². The van der Waals surface area contributed by atoms with Crippen molar-refractivity contribution in [2.75, 3.05) is 0 Å². The first-order chi connectivity index (χ1) is 0.